The van der Waals surface area contributed by atoms with Gasteiger partial charge in [-0.25, -0.2) is 0 Å². The summed E-state index contributed by atoms with van der Waals surface area (Å²) >= 11 is 0. The predicted molar refractivity (Wildman–Crippen MR) is 117 cm³/mol. The minimum absolute atomic E-state index is 0.212. The largest absolute Gasteiger partial charge is 0.396 e. The average molecular weight is 373 g/mol. The van der Waals surface area contributed by atoms with Crippen molar-refractivity contribution in [2.45, 2.75) is 12.5 Å². The fraction of sp³-hybridized carbons (Fsp3) is 0.280. The lowest BCUT2D eigenvalue weighted by atomic mass is 9.97. The first-order valence-electron chi connectivity index (χ1n) is 10.2. The number of para-hydroxylation sites is 1. The van der Waals surface area contributed by atoms with Crippen LogP contribution in [0.25, 0.3) is 11.1 Å². The second kappa shape index (κ2) is 9.05. The molecule has 1 aliphatic rings. The molecule has 1 aliphatic heterocycles. The lowest BCUT2D eigenvalue weighted by Gasteiger charge is -2.40. The Bertz CT molecular complexity index is 841. The number of aliphatic hydroxyl groups excluding tert-OH is 1. The van der Waals surface area contributed by atoms with E-state index in [1.165, 1.54) is 22.4 Å². The molecule has 144 valence electrons. The quantitative estimate of drug-likeness (QED) is 0.685. The van der Waals surface area contributed by atoms with Crippen LogP contribution in [0.4, 0.5) is 5.69 Å². The molecule has 4 rings (SSSR count). The van der Waals surface area contributed by atoms with Crippen LogP contribution in [0.15, 0.2) is 84.9 Å². The molecule has 1 heterocycles. The molecule has 0 saturated carbocycles. The maximum atomic E-state index is 9.65. The van der Waals surface area contributed by atoms with E-state index >= 15 is 0 Å². The molecule has 3 aromatic carbocycles. The fourth-order valence-electron chi connectivity index (χ4n) is 4.14. The summed E-state index contributed by atoms with van der Waals surface area (Å²) in [6, 6.07) is 30.2. The molecule has 0 spiro atoms. The van der Waals surface area contributed by atoms with Crippen LogP contribution in [0.1, 0.15) is 18.0 Å². The van der Waals surface area contributed by atoms with Crippen LogP contribution >= 0.6 is 0 Å². The molecule has 0 amide bonds. The summed E-state index contributed by atoms with van der Waals surface area (Å²) in [5.74, 6) is 0. The van der Waals surface area contributed by atoms with Gasteiger partial charge in [-0.15, -0.1) is 0 Å². The molecule has 0 aliphatic carbocycles. The van der Waals surface area contributed by atoms with Crippen molar-refractivity contribution in [1.29, 1.82) is 0 Å². The van der Waals surface area contributed by atoms with Crippen molar-refractivity contribution in [2.75, 3.05) is 37.7 Å². The number of aliphatic hydroxyl groups is 1. The zero-order valence-electron chi connectivity index (χ0n) is 16.2. The summed E-state index contributed by atoms with van der Waals surface area (Å²) in [6.45, 7) is 4.28. The van der Waals surface area contributed by atoms with E-state index in [1.807, 2.05) is 6.07 Å². The number of hydrogen-bond donors (Lipinski definition) is 1. The maximum Gasteiger partial charge on any atom is 0.0449 e. The van der Waals surface area contributed by atoms with E-state index < -0.39 is 0 Å². The van der Waals surface area contributed by atoms with Gasteiger partial charge in [0.15, 0.2) is 0 Å². The Labute approximate surface area is 167 Å². The molecular weight excluding hydrogens is 344 g/mol. The zero-order valence-corrected chi connectivity index (χ0v) is 16.2. The predicted octanol–water partition coefficient (Wildman–Crippen LogP) is 4.60. The van der Waals surface area contributed by atoms with Crippen molar-refractivity contribution in [3.8, 4) is 11.1 Å². The van der Waals surface area contributed by atoms with Gasteiger partial charge in [0.25, 0.3) is 0 Å². The van der Waals surface area contributed by atoms with E-state index in [0.717, 1.165) is 32.6 Å². The van der Waals surface area contributed by atoms with E-state index in [0.29, 0.717) is 0 Å². The normalized spacial score (nSPS) is 16.1. The van der Waals surface area contributed by atoms with Crippen molar-refractivity contribution in [2.24, 2.45) is 0 Å². The fourth-order valence-corrected chi connectivity index (χ4v) is 4.14. The van der Waals surface area contributed by atoms with Gasteiger partial charge in [-0.05, 0) is 35.2 Å². The first kappa shape index (κ1) is 18.7. The Kier molecular flexibility index (Phi) is 6.05. The third-order valence-corrected chi connectivity index (χ3v) is 5.68. The third kappa shape index (κ3) is 4.27. The summed E-state index contributed by atoms with van der Waals surface area (Å²) in [7, 11) is 0. The maximum absolute atomic E-state index is 9.65. The molecule has 1 N–H and O–H groups in total. The van der Waals surface area contributed by atoms with Crippen molar-refractivity contribution in [1.82, 2.24) is 4.90 Å². The van der Waals surface area contributed by atoms with Crippen molar-refractivity contribution >= 4 is 5.69 Å². The van der Waals surface area contributed by atoms with Gasteiger partial charge >= 0.3 is 0 Å². The molecular formula is C25H28N2O. The second-order valence-electron chi connectivity index (χ2n) is 7.37. The van der Waals surface area contributed by atoms with Crippen molar-refractivity contribution in [3.05, 3.63) is 90.5 Å². The summed E-state index contributed by atoms with van der Waals surface area (Å²) in [5, 5.41) is 9.65. The highest BCUT2D eigenvalue weighted by molar-refractivity contribution is 5.63. The van der Waals surface area contributed by atoms with E-state index in [-0.39, 0.29) is 12.6 Å². The van der Waals surface area contributed by atoms with Gasteiger partial charge < -0.3 is 10.0 Å². The third-order valence-electron chi connectivity index (χ3n) is 5.68. The highest BCUT2D eigenvalue weighted by atomic mass is 16.3. The Morgan fingerprint density at radius 3 is 1.86 bits per heavy atom. The van der Waals surface area contributed by atoms with Crippen molar-refractivity contribution in [3.63, 3.8) is 0 Å². The number of piperazine rings is 1. The van der Waals surface area contributed by atoms with Gasteiger partial charge in [-0.2, -0.15) is 0 Å². The average Bonchev–Trinajstić information content (AvgIpc) is 2.79. The smallest absolute Gasteiger partial charge is 0.0449 e. The molecule has 3 heteroatoms. The van der Waals surface area contributed by atoms with Crippen LogP contribution in [0.5, 0.6) is 0 Å². The number of benzene rings is 3. The number of anilines is 1. The van der Waals surface area contributed by atoms with Gasteiger partial charge in [0.1, 0.15) is 0 Å². The van der Waals surface area contributed by atoms with Crippen LogP contribution < -0.4 is 4.90 Å². The molecule has 1 unspecified atom stereocenters. The summed E-state index contributed by atoms with van der Waals surface area (Å²) in [5.41, 5.74) is 5.07. The molecule has 1 fully saturated rings. The Hall–Kier alpha value is -2.62. The van der Waals surface area contributed by atoms with Crippen LogP contribution in [-0.4, -0.2) is 42.8 Å². The van der Waals surface area contributed by atoms with Gasteiger partial charge in [0.2, 0.25) is 0 Å². The molecule has 0 radical (unpaired) electrons. The van der Waals surface area contributed by atoms with Gasteiger partial charge in [0, 0.05) is 44.5 Å². The molecule has 1 atom stereocenters. The highest BCUT2D eigenvalue weighted by Gasteiger charge is 2.24. The van der Waals surface area contributed by atoms with Crippen LogP contribution in [0, 0.1) is 0 Å². The summed E-state index contributed by atoms with van der Waals surface area (Å²) in [6.07, 6.45) is 0.774. The topological polar surface area (TPSA) is 26.7 Å². The SMILES string of the molecule is OCCC(c1ccc(-c2ccccc2)cc1)N1CCN(c2ccccc2)CC1. The minimum atomic E-state index is 0.212. The van der Waals surface area contributed by atoms with Gasteiger partial charge in [-0.3, -0.25) is 4.90 Å². The summed E-state index contributed by atoms with van der Waals surface area (Å²) < 4.78 is 0. The van der Waals surface area contributed by atoms with Gasteiger partial charge in [-0.1, -0.05) is 72.8 Å². The van der Waals surface area contributed by atoms with Crippen LogP contribution in [0.2, 0.25) is 0 Å². The molecule has 3 aromatic rings. The van der Waals surface area contributed by atoms with Gasteiger partial charge in [0.05, 0.1) is 0 Å². The Morgan fingerprint density at radius 1 is 0.679 bits per heavy atom. The molecule has 3 nitrogen and oxygen atoms in total. The standard InChI is InChI=1S/C25H28N2O/c28-20-15-25(23-13-11-22(12-14-23)21-7-3-1-4-8-21)27-18-16-26(17-19-27)24-9-5-2-6-10-24/h1-14,25,28H,15-20H2. The van der Waals surface area contributed by atoms with E-state index in [4.69, 9.17) is 0 Å². The molecule has 28 heavy (non-hydrogen) atoms. The van der Waals surface area contributed by atoms with Crippen molar-refractivity contribution < 1.29 is 5.11 Å². The first-order valence-corrected chi connectivity index (χ1v) is 10.2. The number of rotatable bonds is 6. The molecule has 0 bridgehead atoms. The molecule has 0 aromatic heterocycles. The number of hydrogen-bond acceptors (Lipinski definition) is 3. The van der Waals surface area contributed by atoms with Crippen LogP contribution in [0.3, 0.4) is 0 Å². The second-order valence-corrected chi connectivity index (χ2v) is 7.37. The lowest BCUT2D eigenvalue weighted by Crippen LogP contribution is -2.47. The van der Waals surface area contributed by atoms with E-state index in [9.17, 15) is 5.11 Å². The number of nitrogens with zero attached hydrogens (tertiary/aromatic N) is 2. The van der Waals surface area contributed by atoms with E-state index in [2.05, 4.69) is 88.7 Å². The van der Waals surface area contributed by atoms with Crippen LogP contribution in [-0.2, 0) is 0 Å². The zero-order chi connectivity index (χ0) is 19.2. The summed E-state index contributed by atoms with van der Waals surface area (Å²) in [4.78, 5) is 4.97. The Balaban J connectivity index is 1.46. The first-order chi connectivity index (χ1) is 13.8. The lowest BCUT2D eigenvalue weighted by molar-refractivity contribution is 0.149. The minimum Gasteiger partial charge on any atom is -0.396 e. The highest BCUT2D eigenvalue weighted by Crippen LogP contribution is 2.29. The van der Waals surface area contributed by atoms with E-state index in [1.54, 1.807) is 0 Å². The Morgan fingerprint density at radius 2 is 1.25 bits per heavy atom. The monoisotopic (exact) mass is 372 g/mol. The molecule has 1 saturated heterocycles.